The van der Waals surface area contributed by atoms with Crippen molar-refractivity contribution in [2.24, 2.45) is 0 Å². The summed E-state index contributed by atoms with van der Waals surface area (Å²) in [6, 6.07) is 7.80. The second kappa shape index (κ2) is 7.21. The monoisotopic (exact) mass is 392 g/mol. The van der Waals surface area contributed by atoms with Crippen molar-refractivity contribution in [1.82, 2.24) is 9.88 Å². The van der Waals surface area contributed by atoms with Crippen molar-refractivity contribution in [1.29, 1.82) is 0 Å². The molecule has 0 aliphatic heterocycles. The van der Waals surface area contributed by atoms with Crippen LogP contribution in [0.2, 0.25) is 0 Å². The van der Waals surface area contributed by atoms with Crippen LogP contribution < -0.4 is 5.32 Å². The van der Waals surface area contributed by atoms with Crippen molar-refractivity contribution >= 4 is 27.8 Å². The number of carbonyl (C=O) groups is 2. The molecule has 1 aromatic heterocycles. The lowest BCUT2D eigenvalue weighted by molar-refractivity contribution is -0.139. The number of carbonyl (C=O) groups excluding carboxylic acids is 1. The van der Waals surface area contributed by atoms with Crippen LogP contribution in [0.4, 0.5) is 0 Å². The summed E-state index contributed by atoms with van der Waals surface area (Å²) in [4.78, 5) is 24.2. The summed E-state index contributed by atoms with van der Waals surface area (Å²) in [5, 5.41) is 12.1. The molecule has 1 unspecified atom stereocenters. The lowest BCUT2D eigenvalue weighted by atomic mass is 10.1. The van der Waals surface area contributed by atoms with Crippen molar-refractivity contribution in [3.63, 3.8) is 0 Å². The highest BCUT2D eigenvalue weighted by Crippen LogP contribution is 2.22. The van der Waals surface area contributed by atoms with Gasteiger partial charge < -0.3 is 15.0 Å². The smallest absolute Gasteiger partial charge is 0.330 e. The van der Waals surface area contributed by atoms with Crippen molar-refractivity contribution in [2.45, 2.75) is 39.8 Å². The van der Waals surface area contributed by atoms with Gasteiger partial charge in [0.1, 0.15) is 0 Å². The number of aryl methyl sites for hydroxylation is 1. The van der Waals surface area contributed by atoms with Crippen LogP contribution in [0.25, 0.3) is 0 Å². The molecule has 1 aromatic carbocycles. The van der Waals surface area contributed by atoms with E-state index < -0.39 is 12.0 Å². The van der Waals surface area contributed by atoms with Gasteiger partial charge in [0.25, 0.3) is 5.91 Å². The first-order chi connectivity index (χ1) is 11.2. The molecule has 1 heterocycles. The molecule has 0 aliphatic carbocycles. The van der Waals surface area contributed by atoms with Gasteiger partial charge in [0, 0.05) is 21.9 Å². The fourth-order valence-corrected chi connectivity index (χ4v) is 3.22. The standard InChI is InChI=1S/C18H21BrN2O3/c1-10(2)21-11(3)9-15(12(21)4)17(22)20-16(18(23)24)13-5-7-14(19)8-6-13/h5-10,16H,1-4H3,(H,20,22)(H,23,24). The Morgan fingerprint density at radius 2 is 1.75 bits per heavy atom. The Morgan fingerprint density at radius 3 is 2.21 bits per heavy atom. The van der Waals surface area contributed by atoms with Gasteiger partial charge in [-0.25, -0.2) is 4.79 Å². The molecule has 2 aromatic rings. The number of nitrogens with one attached hydrogen (secondary N) is 1. The Kier molecular flexibility index (Phi) is 5.49. The lowest BCUT2D eigenvalue weighted by Crippen LogP contribution is -2.34. The first-order valence-electron chi connectivity index (χ1n) is 7.70. The zero-order chi connectivity index (χ0) is 18.0. The number of halogens is 1. The van der Waals surface area contributed by atoms with Gasteiger partial charge in [0.05, 0.1) is 5.56 Å². The molecule has 0 spiro atoms. The van der Waals surface area contributed by atoms with Gasteiger partial charge in [0.2, 0.25) is 0 Å². The molecule has 0 fully saturated rings. The van der Waals surface area contributed by atoms with E-state index in [1.807, 2.05) is 27.7 Å². The first-order valence-corrected chi connectivity index (χ1v) is 8.49. The summed E-state index contributed by atoms with van der Waals surface area (Å²) in [6.45, 7) is 7.90. The fourth-order valence-electron chi connectivity index (χ4n) is 2.95. The Balaban J connectivity index is 2.31. The van der Waals surface area contributed by atoms with Crippen LogP contribution in [0.3, 0.4) is 0 Å². The highest BCUT2D eigenvalue weighted by molar-refractivity contribution is 9.10. The van der Waals surface area contributed by atoms with E-state index in [-0.39, 0.29) is 11.9 Å². The van der Waals surface area contributed by atoms with E-state index in [1.165, 1.54) is 0 Å². The van der Waals surface area contributed by atoms with Gasteiger partial charge in [-0.2, -0.15) is 0 Å². The van der Waals surface area contributed by atoms with Crippen LogP contribution in [-0.4, -0.2) is 21.6 Å². The normalized spacial score (nSPS) is 12.2. The number of carboxylic acid groups (broad SMARTS) is 1. The summed E-state index contributed by atoms with van der Waals surface area (Å²) in [5.74, 6) is -1.48. The molecule has 128 valence electrons. The highest BCUT2D eigenvalue weighted by Gasteiger charge is 2.25. The molecule has 0 saturated carbocycles. The average Bonchev–Trinajstić information content (AvgIpc) is 2.80. The van der Waals surface area contributed by atoms with E-state index in [0.717, 1.165) is 15.9 Å². The van der Waals surface area contributed by atoms with E-state index >= 15 is 0 Å². The van der Waals surface area contributed by atoms with Crippen LogP contribution in [0.5, 0.6) is 0 Å². The summed E-state index contributed by atoms with van der Waals surface area (Å²) in [5.41, 5.74) is 2.84. The molecule has 1 atom stereocenters. The number of rotatable bonds is 5. The minimum Gasteiger partial charge on any atom is -0.479 e. The Bertz CT molecular complexity index is 763. The Hall–Kier alpha value is -2.08. The molecular formula is C18H21BrN2O3. The fraction of sp³-hybridized carbons (Fsp3) is 0.333. The number of hydrogen-bond acceptors (Lipinski definition) is 2. The zero-order valence-corrected chi connectivity index (χ0v) is 15.7. The summed E-state index contributed by atoms with van der Waals surface area (Å²) in [7, 11) is 0. The second-order valence-corrected chi connectivity index (χ2v) is 6.96. The molecule has 2 N–H and O–H groups in total. The molecule has 1 amide bonds. The molecule has 6 heteroatoms. The molecule has 5 nitrogen and oxygen atoms in total. The van der Waals surface area contributed by atoms with Crippen molar-refractivity contribution < 1.29 is 14.7 Å². The quantitative estimate of drug-likeness (QED) is 0.807. The van der Waals surface area contributed by atoms with Crippen LogP contribution >= 0.6 is 15.9 Å². The van der Waals surface area contributed by atoms with E-state index in [1.54, 1.807) is 30.3 Å². The van der Waals surface area contributed by atoms with E-state index in [0.29, 0.717) is 11.1 Å². The molecule has 0 radical (unpaired) electrons. The number of amides is 1. The highest BCUT2D eigenvalue weighted by atomic mass is 79.9. The van der Waals surface area contributed by atoms with Gasteiger partial charge >= 0.3 is 5.97 Å². The Labute approximate surface area is 149 Å². The maximum Gasteiger partial charge on any atom is 0.330 e. The second-order valence-electron chi connectivity index (χ2n) is 6.04. The molecule has 24 heavy (non-hydrogen) atoms. The van der Waals surface area contributed by atoms with Crippen LogP contribution in [0.1, 0.15) is 53.2 Å². The predicted molar refractivity (Wildman–Crippen MR) is 96.3 cm³/mol. The van der Waals surface area contributed by atoms with Crippen molar-refractivity contribution in [3.8, 4) is 0 Å². The van der Waals surface area contributed by atoms with Crippen molar-refractivity contribution in [3.05, 3.63) is 57.3 Å². The third-order valence-corrected chi connectivity index (χ3v) is 4.50. The van der Waals surface area contributed by atoms with Crippen LogP contribution in [0, 0.1) is 13.8 Å². The summed E-state index contributed by atoms with van der Waals surface area (Å²) < 4.78 is 2.91. The maximum absolute atomic E-state index is 12.6. The number of carboxylic acids is 1. The third-order valence-electron chi connectivity index (χ3n) is 3.97. The topological polar surface area (TPSA) is 71.3 Å². The van der Waals surface area contributed by atoms with Crippen LogP contribution in [0.15, 0.2) is 34.8 Å². The zero-order valence-electron chi connectivity index (χ0n) is 14.1. The first kappa shape index (κ1) is 18.3. The minimum absolute atomic E-state index is 0.230. The number of nitrogens with zero attached hydrogens (tertiary/aromatic N) is 1. The van der Waals surface area contributed by atoms with Gasteiger partial charge in [0.15, 0.2) is 6.04 Å². The third kappa shape index (κ3) is 3.70. The number of aromatic nitrogens is 1. The van der Waals surface area contributed by atoms with Gasteiger partial charge in [-0.3, -0.25) is 4.79 Å². The van der Waals surface area contributed by atoms with E-state index in [9.17, 15) is 14.7 Å². The number of aliphatic carboxylic acids is 1. The van der Waals surface area contributed by atoms with Gasteiger partial charge in [-0.05, 0) is 51.5 Å². The van der Waals surface area contributed by atoms with E-state index in [2.05, 4.69) is 25.8 Å². The average molecular weight is 393 g/mol. The van der Waals surface area contributed by atoms with E-state index in [4.69, 9.17) is 0 Å². The maximum atomic E-state index is 12.6. The molecule has 0 bridgehead atoms. The lowest BCUT2D eigenvalue weighted by Gasteiger charge is -2.16. The minimum atomic E-state index is -1.09. The molecule has 2 rings (SSSR count). The Morgan fingerprint density at radius 1 is 1.17 bits per heavy atom. The van der Waals surface area contributed by atoms with Gasteiger partial charge in [-0.1, -0.05) is 28.1 Å². The van der Waals surface area contributed by atoms with Crippen LogP contribution in [-0.2, 0) is 4.79 Å². The molecule has 0 aliphatic rings. The number of hydrogen-bond donors (Lipinski definition) is 2. The predicted octanol–water partition coefficient (Wildman–Crippen LogP) is 4.00. The SMILES string of the molecule is Cc1cc(C(=O)NC(C(=O)O)c2ccc(Br)cc2)c(C)n1C(C)C. The number of benzene rings is 1. The van der Waals surface area contributed by atoms with Gasteiger partial charge in [-0.15, -0.1) is 0 Å². The largest absolute Gasteiger partial charge is 0.479 e. The molecular weight excluding hydrogens is 372 g/mol. The summed E-state index contributed by atoms with van der Waals surface area (Å²) in [6.07, 6.45) is 0. The molecule has 0 saturated heterocycles. The summed E-state index contributed by atoms with van der Waals surface area (Å²) >= 11 is 3.32. The van der Waals surface area contributed by atoms with Crippen molar-refractivity contribution in [2.75, 3.05) is 0 Å².